The first kappa shape index (κ1) is 19.0. The lowest BCUT2D eigenvalue weighted by Crippen LogP contribution is -2.53. The molecule has 3 unspecified atom stereocenters. The molecule has 1 amide bonds. The van der Waals surface area contributed by atoms with Crippen molar-refractivity contribution < 1.29 is 24.2 Å². The average Bonchev–Trinajstić information content (AvgIpc) is 3.00. The molecule has 1 aliphatic heterocycles. The van der Waals surface area contributed by atoms with Crippen LogP contribution in [-0.4, -0.2) is 54.0 Å². The van der Waals surface area contributed by atoms with Crippen molar-refractivity contribution in [1.82, 2.24) is 10.2 Å². The Morgan fingerprint density at radius 3 is 2.68 bits per heavy atom. The van der Waals surface area contributed by atoms with Crippen molar-refractivity contribution in [3.63, 3.8) is 0 Å². The number of ether oxygens (including phenoxy) is 2. The molecule has 0 aromatic heterocycles. The van der Waals surface area contributed by atoms with Crippen LogP contribution >= 0.6 is 0 Å². The maximum Gasteiger partial charge on any atom is 0.305 e. The summed E-state index contributed by atoms with van der Waals surface area (Å²) in [7, 11) is 1.89. The van der Waals surface area contributed by atoms with Crippen LogP contribution < -0.4 is 20.5 Å². The number of nitrogens with one attached hydrogen (secondary N) is 1. The average molecular weight is 351 g/mol. The molecule has 8 nitrogen and oxygen atoms in total. The number of carbonyl (C=O) groups excluding carboxylic acids is 1. The highest BCUT2D eigenvalue weighted by Crippen LogP contribution is 2.32. The summed E-state index contributed by atoms with van der Waals surface area (Å²) in [5.41, 5.74) is 6.68. The number of likely N-dealkylation sites (N-methyl/N-ethyl adjacent to an activating group) is 1. The van der Waals surface area contributed by atoms with Crippen LogP contribution in [0.5, 0.6) is 11.5 Å². The topological polar surface area (TPSA) is 114 Å². The smallest absolute Gasteiger partial charge is 0.305 e. The van der Waals surface area contributed by atoms with Gasteiger partial charge < -0.3 is 25.6 Å². The molecule has 138 valence electrons. The van der Waals surface area contributed by atoms with Gasteiger partial charge in [0.1, 0.15) is 0 Å². The van der Waals surface area contributed by atoms with E-state index < -0.39 is 24.3 Å². The number of carboxylic acids is 1. The Hall–Kier alpha value is -2.32. The highest BCUT2D eigenvalue weighted by atomic mass is 16.7. The molecule has 0 radical (unpaired) electrons. The highest BCUT2D eigenvalue weighted by Gasteiger charge is 2.23. The molecule has 1 aliphatic rings. The number of hydrogen-bond donors (Lipinski definition) is 3. The van der Waals surface area contributed by atoms with Gasteiger partial charge in [0.25, 0.3) is 0 Å². The maximum atomic E-state index is 11.9. The first-order valence-corrected chi connectivity index (χ1v) is 8.16. The molecule has 1 aromatic carbocycles. The number of amides is 1. The summed E-state index contributed by atoms with van der Waals surface area (Å²) < 4.78 is 10.7. The van der Waals surface area contributed by atoms with Crippen LogP contribution in [0.1, 0.15) is 25.8 Å². The fourth-order valence-electron chi connectivity index (χ4n) is 2.63. The molecule has 3 atom stereocenters. The van der Waals surface area contributed by atoms with E-state index in [1.54, 1.807) is 0 Å². The number of carboxylic acid groups (broad SMARTS) is 1. The second-order valence-corrected chi connectivity index (χ2v) is 6.30. The van der Waals surface area contributed by atoms with Crippen LogP contribution in [0.3, 0.4) is 0 Å². The summed E-state index contributed by atoms with van der Waals surface area (Å²) in [6.45, 7) is 4.12. The van der Waals surface area contributed by atoms with Crippen LogP contribution in [-0.2, 0) is 16.0 Å². The minimum absolute atomic E-state index is 0.131. The molecule has 8 heteroatoms. The van der Waals surface area contributed by atoms with Gasteiger partial charge in [0.2, 0.25) is 12.7 Å². The Labute approximate surface area is 146 Å². The fraction of sp³-hybridized carbons (Fsp3) is 0.529. The molecule has 4 N–H and O–H groups in total. The van der Waals surface area contributed by atoms with Gasteiger partial charge in [-0.25, -0.2) is 0 Å². The van der Waals surface area contributed by atoms with E-state index >= 15 is 0 Å². The Morgan fingerprint density at radius 1 is 1.32 bits per heavy atom. The lowest BCUT2D eigenvalue weighted by Gasteiger charge is -2.32. The zero-order chi connectivity index (χ0) is 18.6. The van der Waals surface area contributed by atoms with Crippen LogP contribution in [0.4, 0.5) is 0 Å². The number of fused-ring (bicyclic) bond motifs is 1. The summed E-state index contributed by atoms with van der Waals surface area (Å²) in [5, 5.41) is 11.5. The Balaban J connectivity index is 1.89. The molecular weight excluding hydrogens is 326 g/mol. The molecule has 25 heavy (non-hydrogen) atoms. The molecule has 0 aliphatic carbocycles. The van der Waals surface area contributed by atoms with Crippen LogP contribution in [0.2, 0.25) is 0 Å². The lowest BCUT2D eigenvalue weighted by molar-refractivity contribution is -0.139. The van der Waals surface area contributed by atoms with Crippen molar-refractivity contribution in [3.05, 3.63) is 23.8 Å². The van der Waals surface area contributed by atoms with Gasteiger partial charge in [0.15, 0.2) is 11.5 Å². The van der Waals surface area contributed by atoms with E-state index in [-0.39, 0.29) is 19.0 Å². The molecule has 0 saturated heterocycles. The zero-order valence-electron chi connectivity index (χ0n) is 14.7. The molecule has 1 heterocycles. The van der Waals surface area contributed by atoms with E-state index in [4.69, 9.17) is 20.3 Å². The summed E-state index contributed by atoms with van der Waals surface area (Å²) in [6.07, 6.45) is 0.0835. The van der Waals surface area contributed by atoms with Crippen LogP contribution in [0.15, 0.2) is 18.2 Å². The minimum atomic E-state index is -1.10. The highest BCUT2D eigenvalue weighted by molar-refractivity contribution is 5.86. The molecule has 0 bridgehead atoms. The number of rotatable bonds is 8. The van der Waals surface area contributed by atoms with Crippen LogP contribution in [0, 0.1) is 0 Å². The molecular formula is C17H25N3O5. The number of nitrogens with zero attached hydrogens (tertiary/aromatic N) is 1. The second kappa shape index (κ2) is 8.17. The van der Waals surface area contributed by atoms with Gasteiger partial charge in [-0.2, -0.15) is 0 Å². The summed E-state index contributed by atoms with van der Waals surface area (Å²) in [6, 6.07) is 4.91. The van der Waals surface area contributed by atoms with Gasteiger partial charge in [-0.15, -0.1) is 0 Å². The number of nitrogens with two attached hydrogens (primary N) is 1. The van der Waals surface area contributed by atoms with Gasteiger partial charge in [0, 0.05) is 6.04 Å². The van der Waals surface area contributed by atoms with Gasteiger partial charge in [-0.05, 0) is 45.0 Å². The van der Waals surface area contributed by atoms with E-state index in [0.717, 1.165) is 23.5 Å². The van der Waals surface area contributed by atoms with Crippen LogP contribution in [0.25, 0.3) is 0 Å². The van der Waals surface area contributed by atoms with E-state index in [1.165, 1.54) is 0 Å². The standard InChI is InChI=1S/C17H25N3O5/c1-10(6-12-4-5-14-15(7-12)25-9-24-14)20(3)11(2)19-17(23)13(18)8-16(21)22/h4-5,7,10-11,13H,6,8-9,18H2,1-3H3,(H,19,23)(H,21,22). The first-order chi connectivity index (χ1) is 11.8. The normalized spacial score (nSPS) is 16.4. The number of aliphatic carboxylic acids is 1. The monoisotopic (exact) mass is 351 g/mol. The quantitative estimate of drug-likeness (QED) is 0.586. The predicted octanol–water partition coefficient (Wildman–Crippen LogP) is 0.542. The Morgan fingerprint density at radius 2 is 2.00 bits per heavy atom. The third-order valence-electron chi connectivity index (χ3n) is 4.36. The van der Waals surface area contributed by atoms with Crippen molar-refractivity contribution in [1.29, 1.82) is 0 Å². The maximum absolute atomic E-state index is 11.9. The molecule has 2 rings (SSSR count). The second-order valence-electron chi connectivity index (χ2n) is 6.30. The summed E-state index contributed by atoms with van der Waals surface area (Å²) in [5.74, 6) is -0.0805. The largest absolute Gasteiger partial charge is 0.481 e. The third kappa shape index (κ3) is 5.07. The van der Waals surface area contributed by atoms with Gasteiger partial charge in [0.05, 0.1) is 18.6 Å². The molecule has 0 fully saturated rings. The Kier molecular flexibility index (Phi) is 6.22. The molecule has 1 aromatic rings. The Bertz CT molecular complexity index is 637. The lowest BCUT2D eigenvalue weighted by atomic mass is 10.1. The predicted molar refractivity (Wildman–Crippen MR) is 91.3 cm³/mol. The molecule has 0 saturated carbocycles. The van der Waals surface area contributed by atoms with Crippen molar-refractivity contribution in [2.45, 2.75) is 44.9 Å². The number of hydrogen-bond acceptors (Lipinski definition) is 6. The van der Waals surface area contributed by atoms with E-state index in [1.807, 2.05) is 44.0 Å². The van der Waals surface area contributed by atoms with Crippen molar-refractivity contribution in [3.8, 4) is 11.5 Å². The van der Waals surface area contributed by atoms with Gasteiger partial charge in [-0.3, -0.25) is 14.5 Å². The minimum Gasteiger partial charge on any atom is -0.481 e. The van der Waals surface area contributed by atoms with Crippen molar-refractivity contribution in [2.24, 2.45) is 5.73 Å². The third-order valence-corrected chi connectivity index (χ3v) is 4.36. The zero-order valence-corrected chi connectivity index (χ0v) is 14.7. The van der Waals surface area contributed by atoms with Crippen molar-refractivity contribution in [2.75, 3.05) is 13.8 Å². The number of carbonyl (C=O) groups is 2. The summed E-state index contributed by atoms with van der Waals surface area (Å²) >= 11 is 0. The van der Waals surface area contributed by atoms with E-state index in [9.17, 15) is 9.59 Å². The van der Waals surface area contributed by atoms with E-state index in [0.29, 0.717) is 0 Å². The fourth-order valence-corrected chi connectivity index (χ4v) is 2.63. The van der Waals surface area contributed by atoms with Crippen molar-refractivity contribution >= 4 is 11.9 Å². The number of benzene rings is 1. The molecule has 0 spiro atoms. The van der Waals surface area contributed by atoms with Gasteiger partial charge >= 0.3 is 5.97 Å². The first-order valence-electron chi connectivity index (χ1n) is 8.16. The van der Waals surface area contributed by atoms with E-state index in [2.05, 4.69) is 5.32 Å². The summed E-state index contributed by atoms with van der Waals surface area (Å²) in [4.78, 5) is 24.6. The van der Waals surface area contributed by atoms with Gasteiger partial charge in [-0.1, -0.05) is 6.07 Å². The SMILES string of the molecule is CC(Cc1ccc2c(c1)OCO2)N(C)C(C)NC(=O)C(N)CC(=O)O.